The van der Waals surface area contributed by atoms with Gasteiger partial charge in [-0.05, 0) is 30.7 Å². The van der Waals surface area contributed by atoms with Crippen molar-refractivity contribution in [3.63, 3.8) is 0 Å². The van der Waals surface area contributed by atoms with E-state index in [4.69, 9.17) is 0 Å². The highest BCUT2D eigenvalue weighted by Gasteiger charge is 2.26. The molecule has 0 bridgehead atoms. The molecule has 2 rings (SSSR count). The van der Waals surface area contributed by atoms with Crippen LogP contribution in [0, 0.1) is 11.6 Å². The first-order valence-corrected chi connectivity index (χ1v) is 6.87. The Morgan fingerprint density at radius 2 is 1.86 bits per heavy atom. The molecular formula is C17H17F2NO2. The molecule has 0 fully saturated rings. The van der Waals surface area contributed by atoms with Gasteiger partial charge in [0.25, 0.3) is 0 Å². The fourth-order valence-electron chi connectivity index (χ4n) is 2.15. The van der Waals surface area contributed by atoms with Crippen molar-refractivity contribution >= 4 is 5.91 Å². The maximum Gasteiger partial charge on any atom is 0.223 e. The van der Waals surface area contributed by atoms with E-state index >= 15 is 0 Å². The third-order valence-electron chi connectivity index (χ3n) is 3.38. The van der Waals surface area contributed by atoms with Crippen LogP contribution in [0.25, 0.3) is 0 Å². The molecule has 1 unspecified atom stereocenters. The third-order valence-corrected chi connectivity index (χ3v) is 3.38. The van der Waals surface area contributed by atoms with Gasteiger partial charge in [0.2, 0.25) is 5.91 Å². The van der Waals surface area contributed by atoms with Gasteiger partial charge in [-0.3, -0.25) is 4.79 Å². The van der Waals surface area contributed by atoms with Crippen LogP contribution in [-0.2, 0) is 16.9 Å². The van der Waals surface area contributed by atoms with Crippen molar-refractivity contribution in [3.8, 4) is 0 Å². The van der Waals surface area contributed by atoms with Crippen molar-refractivity contribution < 1.29 is 18.7 Å². The zero-order valence-corrected chi connectivity index (χ0v) is 12.1. The second-order valence-corrected chi connectivity index (χ2v) is 5.33. The Labute approximate surface area is 127 Å². The third kappa shape index (κ3) is 4.11. The molecule has 1 atom stereocenters. The average Bonchev–Trinajstić information content (AvgIpc) is 2.49. The van der Waals surface area contributed by atoms with E-state index in [0.717, 1.165) is 18.2 Å². The monoisotopic (exact) mass is 305 g/mol. The molecular weight excluding hydrogens is 288 g/mol. The minimum atomic E-state index is -1.33. The SMILES string of the molecule is CC(O)(CC(=O)NCc1cc(F)ccc1F)c1ccccc1. The van der Waals surface area contributed by atoms with Gasteiger partial charge in [0, 0.05) is 12.1 Å². The molecule has 22 heavy (non-hydrogen) atoms. The van der Waals surface area contributed by atoms with Gasteiger partial charge >= 0.3 is 0 Å². The molecule has 0 aliphatic heterocycles. The lowest BCUT2D eigenvalue weighted by atomic mass is 9.92. The molecule has 3 nitrogen and oxygen atoms in total. The molecule has 116 valence electrons. The number of aliphatic hydroxyl groups is 1. The van der Waals surface area contributed by atoms with E-state index in [-0.39, 0.29) is 18.5 Å². The smallest absolute Gasteiger partial charge is 0.223 e. The Morgan fingerprint density at radius 3 is 2.55 bits per heavy atom. The zero-order chi connectivity index (χ0) is 16.2. The van der Waals surface area contributed by atoms with Crippen LogP contribution in [0.1, 0.15) is 24.5 Å². The molecule has 0 radical (unpaired) electrons. The van der Waals surface area contributed by atoms with Crippen molar-refractivity contribution in [2.45, 2.75) is 25.5 Å². The van der Waals surface area contributed by atoms with E-state index in [1.807, 2.05) is 6.07 Å². The highest BCUT2D eigenvalue weighted by Crippen LogP contribution is 2.24. The second-order valence-electron chi connectivity index (χ2n) is 5.33. The quantitative estimate of drug-likeness (QED) is 0.892. The van der Waals surface area contributed by atoms with E-state index in [2.05, 4.69) is 5.32 Å². The lowest BCUT2D eigenvalue weighted by molar-refractivity contribution is -0.126. The van der Waals surface area contributed by atoms with Crippen molar-refractivity contribution in [3.05, 3.63) is 71.3 Å². The van der Waals surface area contributed by atoms with E-state index in [9.17, 15) is 18.7 Å². The van der Waals surface area contributed by atoms with Crippen molar-refractivity contribution in [1.82, 2.24) is 5.32 Å². The van der Waals surface area contributed by atoms with Gasteiger partial charge in [0.05, 0.1) is 12.0 Å². The van der Waals surface area contributed by atoms with Crippen LogP contribution in [-0.4, -0.2) is 11.0 Å². The molecule has 0 aliphatic carbocycles. The number of nitrogens with one attached hydrogen (secondary N) is 1. The fraction of sp³-hybridized carbons (Fsp3) is 0.235. The summed E-state index contributed by atoms with van der Waals surface area (Å²) in [5.74, 6) is -1.60. The highest BCUT2D eigenvalue weighted by molar-refractivity contribution is 5.77. The number of benzene rings is 2. The summed E-state index contributed by atoms with van der Waals surface area (Å²) < 4.78 is 26.5. The van der Waals surface area contributed by atoms with E-state index in [1.165, 1.54) is 6.92 Å². The molecule has 2 aromatic carbocycles. The number of hydrogen-bond donors (Lipinski definition) is 2. The largest absolute Gasteiger partial charge is 0.385 e. The van der Waals surface area contributed by atoms with Crippen LogP contribution in [0.5, 0.6) is 0 Å². The predicted octanol–water partition coefficient (Wildman–Crippen LogP) is 2.88. The Morgan fingerprint density at radius 1 is 1.18 bits per heavy atom. The molecule has 5 heteroatoms. The fourth-order valence-corrected chi connectivity index (χ4v) is 2.15. The van der Waals surface area contributed by atoms with Gasteiger partial charge in [-0.25, -0.2) is 8.78 Å². The normalized spacial score (nSPS) is 13.5. The summed E-state index contributed by atoms with van der Waals surface area (Å²) in [4.78, 5) is 11.9. The molecule has 0 heterocycles. The Bertz CT molecular complexity index is 657. The molecule has 0 aromatic heterocycles. The van der Waals surface area contributed by atoms with Crippen LogP contribution in [0.3, 0.4) is 0 Å². The van der Waals surface area contributed by atoms with Gasteiger partial charge in [0.15, 0.2) is 0 Å². The number of carbonyl (C=O) groups is 1. The lowest BCUT2D eigenvalue weighted by Gasteiger charge is -2.23. The first-order valence-electron chi connectivity index (χ1n) is 6.87. The van der Waals surface area contributed by atoms with Crippen LogP contribution in [0.15, 0.2) is 48.5 Å². The average molecular weight is 305 g/mol. The Kier molecular flexibility index (Phi) is 4.88. The van der Waals surface area contributed by atoms with Gasteiger partial charge in [0.1, 0.15) is 11.6 Å². The highest BCUT2D eigenvalue weighted by atomic mass is 19.1. The minimum Gasteiger partial charge on any atom is -0.385 e. The summed E-state index contributed by atoms with van der Waals surface area (Å²) in [6, 6.07) is 11.8. The predicted molar refractivity (Wildman–Crippen MR) is 78.8 cm³/mol. The summed E-state index contributed by atoms with van der Waals surface area (Å²) in [7, 11) is 0. The molecule has 2 aromatic rings. The van der Waals surface area contributed by atoms with E-state index in [1.54, 1.807) is 24.3 Å². The molecule has 0 saturated carbocycles. The van der Waals surface area contributed by atoms with Gasteiger partial charge in [-0.2, -0.15) is 0 Å². The van der Waals surface area contributed by atoms with Gasteiger partial charge in [-0.15, -0.1) is 0 Å². The number of carbonyl (C=O) groups excluding carboxylic acids is 1. The summed E-state index contributed by atoms with van der Waals surface area (Å²) in [6.45, 7) is 1.40. The first-order chi connectivity index (χ1) is 10.4. The summed E-state index contributed by atoms with van der Waals surface area (Å²) in [5.41, 5.74) is -0.652. The number of amides is 1. The minimum absolute atomic E-state index is 0.0627. The molecule has 0 aliphatic rings. The molecule has 0 spiro atoms. The van der Waals surface area contributed by atoms with Crippen LogP contribution in [0.2, 0.25) is 0 Å². The number of rotatable bonds is 5. The van der Waals surface area contributed by atoms with Gasteiger partial charge in [-0.1, -0.05) is 30.3 Å². The zero-order valence-electron chi connectivity index (χ0n) is 12.1. The Hall–Kier alpha value is -2.27. The van der Waals surface area contributed by atoms with Crippen molar-refractivity contribution in [2.24, 2.45) is 0 Å². The Balaban J connectivity index is 1.97. The standard InChI is InChI=1S/C17H17F2NO2/c1-17(22,13-5-3-2-4-6-13)10-16(21)20-11-12-9-14(18)7-8-15(12)19/h2-9,22H,10-11H2,1H3,(H,20,21). The van der Waals surface area contributed by atoms with E-state index < -0.39 is 23.1 Å². The maximum atomic E-state index is 13.5. The van der Waals surface area contributed by atoms with Crippen molar-refractivity contribution in [2.75, 3.05) is 0 Å². The summed E-state index contributed by atoms with van der Waals surface area (Å²) in [6.07, 6.45) is -0.173. The molecule has 0 saturated heterocycles. The number of hydrogen-bond acceptors (Lipinski definition) is 2. The van der Waals surface area contributed by atoms with Crippen LogP contribution in [0.4, 0.5) is 8.78 Å². The number of halogens is 2. The van der Waals surface area contributed by atoms with E-state index in [0.29, 0.717) is 5.56 Å². The topological polar surface area (TPSA) is 49.3 Å². The van der Waals surface area contributed by atoms with Crippen molar-refractivity contribution in [1.29, 1.82) is 0 Å². The van der Waals surface area contributed by atoms with Crippen LogP contribution < -0.4 is 5.32 Å². The molecule has 1 amide bonds. The summed E-state index contributed by atoms with van der Waals surface area (Å²) >= 11 is 0. The first kappa shape index (κ1) is 16.1. The summed E-state index contributed by atoms with van der Waals surface area (Å²) in [5, 5.41) is 12.8. The van der Waals surface area contributed by atoms with Crippen LogP contribution >= 0.6 is 0 Å². The maximum absolute atomic E-state index is 13.5. The second kappa shape index (κ2) is 6.66. The lowest BCUT2D eigenvalue weighted by Crippen LogP contribution is -2.32. The van der Waals surface area contributed by atoms with Gasteiger partial charge < -0.3 is 10.4 Å². The molecule has 2 N–H and O–H groups in total.